The number of aromatic nitrogens is 3. The lowest BCUT2D eigenvalue weighted by atomic mass is 10.1. The van der Waals surface area contributed by atoms with Gasteiger partial charge in [-0.3, -0.25) is 0 Å². The molecule has 0 saturated heterocycles. The lowest BCUT2D eigenvalue weighted by molar-refractivity contribution is 0.174. The molecule has 1 aliphatic heterocycles. The van der Waals surface area contributed by atoms with Crippen molar-refractivity contribution in [2.75, 3.05) is 6.79 Å². The Bertz CT molecular complexity index is 911. The molecule has 23 heavy (non-hydrogen) atoms. The van der Waals surface area contributed by atoms with Crippen LogP contribution in [0.5, 0.6) is 11.5 Å². The highest BCUT2D eigenvalue weighted by Gasteiger charge is 2.16. The van der Waals surface area contributed by atoms with Gasteiger partial charge in [0.2, 0.25) is 6.79 Å². The molecule has 2 heterocycles. The smallest absolute Gasteiger partial charge is 0.231 e. The first kappa shape index (κ1) is 13.3. The van der Waals surface area contributed by atoms with Crippen LogP contribution < -0.4 is 9.47 Å². The van der Waals surface area contributed by atoms with Gasteiger partial charge in [-0.05, 0) is 35.9 Å². The Kier molecular flexibility index (Phi) is 3.17. The van der Waals surface area contributed by atoms with E-state index in [1.807, 2.05) is 36.4 Å². The first-order valence-electron chi connectivity index (χ1n) is 7.11. The summed E-state index contributed by atoms with van der Waals surface area (Å²) in [6.45, 7) is 0.788. The van der Waals surface area contributed by atoms with E-state index in [0.29, 0.717) is 12.1 Å². The highest BCUT2D eigenvalue weighted by atomic mass is 16.7. The third kappa shape index (κ3) is 2.49. The average Bonchev–Trinajstić information content (AvgIpc) is 3.23. The van der Waals surface area contributed by atoms with Gasteiger partial charge in [-0.25, -0.2) is 4.68 Å². The number of ether oxygens (including phenoxy) is 2. The summed E-state index contributed by atoms with van der Waals surface area (Å²) in [7, 11) is 0. The average molecular weight is 304 g/mol. The zero-order valence-electron chi connectivity index (χ0n) is 12.1. The van der Waals surface area contributed by atoms with Gasteiger partial charge in [0.1, 0.15) is 0 Å². The fourth-order valence-electron chi connectivity index (χ4n) is 2.57. The van der Waals surface area contributed by atoms with E-state index in [9.17, 15) is 0 Å². The molecule has 0 radical (unpaired) electrons. The maximum absolute atomic E-state index is 9.00. The minimum Gasteiger partial charge on any atom is -0.454 e. The number of benzene rings is 2. The third-order valence-electron chi connectivity index (χ3n) is 3.67. The quantitative estimate of drug-likeness (QED) is 0.743. The Hall–Kier alpha value is -3.33. The maximum atomic E-state index is 9.00. The summed E-state index contributed by atoms with van der Waals surface area (Å²) in [6.07, 6.45) is 1.71. The predicted octanol–water partition coefficient (Wildman–Crippen LogP) is 2.59. The second-order valence-corrected chi connectivity index (χ2v) is 5.16. The van der Waals surface area contributed by atoms with Crippen molar-refractivity contribution in [3.05, 3.63) is 59.8 Å². The van der Waals surface area contributed by atoms with Crippen LogP contribution in [0.1, 0.15) is 11.1 Å². The molecule has 1 aromatic heterocycles. The second kappa shape index (κ2) is 5.46. The van der Waals surface area contributed by atoms with Crippen LogP contribution in [0.2, 0.25) is 0 Å². The first-order valence-corrected chi connectivity index (χ1v) is 7.11. The molecule has 112 valence electrons. The highest BCUT2D eigenvalue weighted by molar-refractivity contribution is 5.64. The SMILES string of the molecule is N#Cc1cccc(Cn2nncc2-c2ccc3c(c2)OCO3)c1. The van der Waals surface area contributed by atoms with Crippen molar-refractivity contribution < 1.29 is 9.47 Å². The molecular formula is C17H12N4O2. The Labute approximate surface area is 132 Å². The van der Waals surface area contributed by atoms with Gasteiger partial charge >= 0.3 is 0 Å². The van der Waals surface area contributed by atoms with Crippen LogP contribution in [0.25, 0.3) is 11.3 Å². The van der Waals surface area contributed by atoms with Crippen LogP contribution in [0, 0.1) is 11.3 Å². The molecular weight excluding hydrogens is 292 g/mol. The largest absolute Gasteiger partial charge is 0.454 e. The molecule has 6 heteroatoms. The summed E-state index contributed by atoms with van der Waals surface area (Å²) in [5.74, 6) is 1.47. The van der Waals surface area contributed by atoms with Gasteiger partial charge in [0.05, 0.1) is 30.1 Å². The minimum atomic E-state index is 0.247. The minimum absolute atomic E-state index is 0.247. The summed E-state index contributed by atoms with van der Waals surface area (Å²) < 4.78 is 12.5. The normalized spacial score (nSPS) is 12.1. The Morgan fingerprint density at radius 2 is 2.04 bits per heavy atom. The molecule has 6 nitrogen and oxygen atoms in total. The molecule has 0 fully saturated rings. The lowest BCUT2D eigenvalue weighted by Gasteiger charge is -2.07. The van der Waals surface area contributed by atoms with Crippen molar-refractivity contribution in [3.8, 4) is 28.8 Å². The van der Waals surface area contributed by atoms with Crippen molar-refractivity contribution in [2.24, 2.45) is 0 Å². The van der Waals surface area contributed by atoms with Gasteiger partial charge in [0.15, 0.2) is 11.5 Å². The fraction of sp³-hybridized carbons (Fsp3) is 0.118. The molecule has 0 N–H and O–H groups in total. The fourth-order valence-corrected chi connectivity index (χ4v) is 2.57. The summed E-state index contributed by atoms with van der Waals surface area (Å²) in [4.78, 5) is 0. The summed E-state index contributed by atoms with van der Waals surface area (Å²) in [6, 6.07) is 15.4. The molecule has 0 saturated carbocycles. The van der Waals surface area contributed by atoms with Crippen molar-refractivity contribution in [1.82, 2.24) is 15.0 Å². The summed E-state index contributed by atoms with van der Waals surface area (Å²) >= 11 is 0. The Balaban J connectivity index is 1.67. The van der Waals surface area contributed by atoms with Crippen LogP contribution in [0.15, 0.2) is 48.7 Å². The molecule has 0 bridgehead atoms. The zero-order valence-corrected chi connectivity index (χ0v) is 12.1. The number of rotatable bonds is 3. The molecule has 1 aliphatic rings. The van der Waals surface area contributed by atoms with Crippen LogP contribution in [0.3, 0.4) is 0 Å². The van der Waals surface area contributed by atoms with Gasteiger partial charge in [0, 0.05) is 5.56 Å². The van der Waals surface area contributed by atoms with Gasteiger partial charge in [-0.1, -0.05) is 17.3 Å². The van der Waals surface area contributed by atoms with Gasteiger partial charge in [-0.15, -0.1) is 5.10 Å². The third-order valence-corrected chi connectivity index (χ3v) is 3.67. The summed E-state index contributed by atoms with van der Waals surface area (Å²) in [5, 5.41) is 17.2. The van der Waals surface area contributed by atoms with E-state index in [-0.39, 0.29) is 6.79 Å². The number of nitriles is 1. The number of nitrogens with zero attached hydrogens (tertiary/aromatic N) is 4. The summed E-state index contributed by atoms with van der Waals surface area (Å²) in [5.41, 5.74) is 3.46. The van der Waals surface area contributed by atoms with E-state index in [1.54, 1.807) is 16.9 Å². The van der Waals surface area contributed by atoms with Gasteiger partial charge in [0.25, 0.3) is 0 Å². The standard InChI is InChI=1S/C17H12N4O2/c18-8-12-2-1-3-13(6-12)10-21-15(9-19-20-21)14-4-5-16-17(7-14)23-11-22-16/h1-7,9H,10-11H2. The monoisotopic (exact) mass is 304 g/mol. The lowest BCUT2D eigenvalue weighted by Crippen LogP contribution is -2.04. The van der Waals surface area contributed by atoms with Crippen LogP contribution >= 0.6 is 0 Å². The van der Waals surface area contributed by atoms with E-state index < -0.39 is 0 Å². The molecule has 0 unspecified atom stereocenters. The molecule has 4 rings (SSSR count). The van der Waals surface area contributed by atoms with Crippen molar-refractivity contribution >= 4 is 0 Å². The Morgan fingerprint density at radius 3 is 2.96 bits per heavy atom. The molecule has 0 atom stereocenters. The van der Waals surface area contributed by atoms with E-state index in [1.165, 1.54) is 0 Å². The number of fused-ring (bicyclic) bond motifs is 1. The number of hydrogen-bond acceptors (Lipinski definition) is 5. The molecule has 0 spiro atoms. The van der Waals surface area contributed by atoms with Crippen molar-refractivity contribution in [2.45, 2.75) is 6.54 Å². The van der Waals surface area contributed by atoms with E-state index >= 15 is 0 Å². The van der Waals surface area contributed by atoms with E-state index in [4.69, 9.17) is 14.7 Å². The molecule has 0 amide bonds. The van der Waals surface area contributed by atoms with Crippen LogP contribution in [0.4, 0.5) is 0 Å². The topological polar surface area (TPSA) is 73.0 Å². The van der Waals surface area contributed by atoms with Crippen molar-refractivity contribution in [1.29, 1.82) is 5.26 Å². The zero-order chi connectivity index (χ0) is 15.6. The van der Waals surface area contributed by atoms with Gasteiger partial charge < -0.3 is 9.47 Å². The predicted molar refractivity (Wildman–Crippen MR) is 81.8 cm³/mol. The molecule has 3 aromatic rings. The molecule has 2 aromatic carbocycles. The molecule has 0 aliphatic carbocycles. The number of hydrogen-bond donors (Lipinski definition) is 0. The maximum Gasteiger partial charge on any atom is 0.231 e. The first-order chi connectivity index (χ1) is 11.3. The van der Waals surface area contributed by atoms with E-state index in [2.05, 4.69) is 16.4 Å². The Morgan fingerprint density at radius 1 is 1.13 bits per heavy atom. The van der Waals surface area contributed by atoms with E-state index in [0.717, 1.165) is 28.3 Å². The van der Waals surface area contributed by atoms with Crippen molar-refractivity contribution in [3.63, 3.8) is 0 Å². The van der Waals surface area contributed by atoms with Gasteiger partial charge in [-0.2, -0.15) is 5.26 Å². The second-order valence-electron chi connectivity index (χ2n) is 5.16. The van der Waals surface area contributed by atoms with Crippen LogP contribution in [-0.4, -0.2) is 21.8 Å². The highest BCUT2D eigenvalue weighted by Crippen LogP contribution is 2.35. The van der Waals surface area contributed by atoms with Crippen LogP contribution in [-0.2, 0) is 6.54 Å².